The molecule has 0 radical (unpaired) electrons. The third-order valence-electron chi connectivity index (χ3n) is 3.36. The lowest BCUT2D eigenvalue weighted by atomic mass is 9.90. The molecule has 1 aliphatic heterocycles. The van der Waals surface area contributed by atoms with Gasteiger partial charge < -0.3 is 9.88 Å². The molecule has 84 valence electrons. The Kier molecular flexibility index (Phi) is 2.78. The topological polar surface area (TPSA) is 42.7 Å². The minimum Gasteiger partial charge on any atom is -0.314 e. The highest BCUT2D eigenvalue weighted by Crippen LogP contribution is 2.28. The molecule has 4 heteroatoms. The normalized spacial score (nSPS) is 26.9. The van der Waals surface area contributed by atoms with Gasteiger partial charge in [-0.15, -0.1) is 10.2 Å². The van der Waals surface area contributed by atoms with Crippen LogP contribution in [0.2, 0.25) is 0 Å². The van der Waals surface area contributed by atoms with Crippen LogP contribution < -0.4 is 5.32 Å². The predicted molar refractivity (Wildman–Crippen MR) is 59.6 cm³/mol. The van der Waals surface area contributed by atoms with Crippen LogP contribution in [0.5, 0.6) is 0 Å². The van der Waals surface area contributed by atoms with Crippen LogP contribution in [-0.4, -0.2) is 21.3 Å². The molecule has 2 rings (SSSR count). The fourth-order valence-electron chi connectivity index (χ4n) is 2.41. The van der Waals surface area contributed by atoms with Crippen molar-refractivity contribution in [1.82, 2.24) is 20.1 Å². The van der Waals surface area contributed by atoms with Gasteiger partial charge >= 0.3 is 0 Å². The summed E-state index contributed by atoms with van der Waals surface area (Å²) in [4.78, 5) is 0. The summed E-state index contributed by atoms with van der Waals surface area (Å²) >= 11 is 0. The monoisotopic (exact) mass is 208 g/mol. The second-order valence-electron chi connectivity index (χ2n) is 4.53. The quantitative estimate of drug-likeness (QED) is 0.802. The molecule has 1 aliphatic rings. The van der Waals surface area contributed by atoms with Crippen molar-refractivity contribution in [3.63, 3.8) is 0 Å². The Hall–Kier alpha value is -0.900. The van der Waals surface area contributed by atoms with Crippen molar-refractivity contribution >= 4 is 0 Å². The minimum absolute atomic E-state index is 0.0233. The van der Waals surface area contributed by atoms with Gasteiger partial charge in [-0.2, -0.15) is 0 Å². The zero-order chi connectivity index (χ0) is 10.9. The highest BCUT2D eigenvalue weighted by atomic mass is 15.3. The van der Waals surface area contributed by atoms with E-state index in [0.29, 0.717) is 0 Å². The van der Waals surface area contributed by atoms with E-state index in [0.717, 1.165) is 31.2 Å². The van der Waals surface area contributed by atoms with Gasteiger partial charge in [-0.25, -0.2) is 0 Å². The van der Waals surface area contributed by atoms with Crippen molar-refractivity contribution in [2.45, 2.75) is 52.1 Å². The summed E-state index contributed by atoms with van der Waals surface area (Å²) in [6.07, 6.45) is 3.71. The lowest BCUT2D eigenvalue weighted by Crippen LogP contribution is -2.45. The van der Waals surface area contributed by atoms with Gasteiger partial charge in [0.2, 0.25) is 0 Å². The molecule has 0 aromatic carbocycles. The van der Waals surface area contributed by atoms with Crippen molar-refractivity contribution in [3.8, 4) is 0 Å². The van der Waals surface area contributed by atoms with E-state index in [-0.39, 0.29) is 5.54 Å². The predicted octanol–water partition coefficient (Wildman–Crippen LogP) is 1.60. The van der Waals surface area contributed by atoms with E-state index in [4.69, 9.17) is 0 Å². The average molecular weight is 208 g/mol. The number of hydrogen-bond acceptors (Lipinski definition) is 3. The Bertz CT molecular complexity index is 336. The molecule has 0 bridgehead atoms. The van der Waals surface area contributed by atoms with Crippen molar-refractivity contribution in [3.05, 3.63) is 11.6 Å². The maximum atomic E-state index is 4.33. The third-order valence-corrected chi connectivity index (χ3v) is 3.36. The number of aromatic nitrogens is 3. The summed E-state index contributed by atoms with van der Waals surface area (Å²) in [5, 5.41) is 12.1. The Morgan fingerprint density at radius 3 is 2.80 bits per heavy atom. The van der Waals surface area contributed by atoms with Crippen molar-refractivity contribution in [1.29, 1.82) is 0 Å². The Morgan fingerprint density at radius 2 is 2.20 bits per heavy atom. The molecule has 0 spiro atoms. The van der Waals surface area contributed by atoms with Gasteiger partial charge in [0.15, 0.2) is 5.82 Å². The van der Waals surface area contributed by atoms with Gasteiger partial charge in [0.05, 0.1) is 5.54 Å². The number of hydrogen-bond donors (Lipinski definition) is 1. The van der Waals surface area contributed by atoms with Gasteiger partial charge in [0.25, 0.3) is 0 Å². The van der Waals surface area contributed by atoms with E-state index in [1.165, 1.54) is 12.8 Å². The minimum atomic E-state index is 0.0233. The van der Waals surface area contributed by atoms with Crippen molar-refractivity contribution in [2.75, 3.05) is 6.54 Å². The zero-order valence-electron chi connectivity index (χ0n) is 9.88. The van der Waals surface area contributed by atoms with Gasteiger partial charge in [-0.05, 0) is 46.6 Å². The first kappa shape index (κ1) is 10.6. The summed E-state index contributed by atoms with van der Waals surface area (Å²) in [5.74, 6) is 2.11. The van der Waals surface area contributed by atoms with Crippen LogP contribution in [0, 0.1) is 6.92 Å². The first-order chi connectivity index (χ1) is 7.17. The van der Waals surface area contributed by atoms with Gasteiger partial charge in [0, 0.05) is 6.54 Å². The molecular weight excluding hydrogens is 188 g/mol. The number of rotatable bonds is 2. The van der Waals surface area contributed by atoms with E-state index in [1.54, 1.807) is 0 Å². The summed E-state index contributed by atoms with van der Waals surface area (Å²) < 4.78 is 2.21. The molecule has 0 amide bonds. The number of nitrogens with zero attached hydrogens (tertiary/aromatic N) is 3. The summed E-state index contributed by atoms with van der Waals surface area (Å²) in [6, 6.07) is 0. The molecule has 0 saturated carbocycles. The van der Waals surface area contributed by atoms with E-state index in [2.05, 4.69) is 33.9 Å². The molecule has 0 aliphatic carbocycles. The average Bonchev–Trinajstić information content (AvgIpc) is 2.61. The number of piperidine rings is 1. The Morgan fingerprint density at radius 1 is 1.40 bits per heavy atom. The third kappa shape index (κ3) is 1.78. The van der Waals surface area contributed by atoms with Crippen LogP contribution in [0.3, 0.4) is 0 Å². The molecule has 1 unspecified atom stereocenters. The maximum absolute atomic E-state index is 4.33. The number of aryl methyl sites for hydroxylation is 1. The summed E-state index contributed by atoms with van der Waals surface area (Å²) in [7, 11) is 0. The second-order valence-corrected chi connectivity index (χ2v) is 4.53. The lowest BCUT2D eigenvalue weighted by Gasteiger charge is -2.34. The molecule has 1 fully saturated rings. The van der Waals surface area contributed by atoms with Gasteiger partial charge in [-0.1, -0.05) is 0 Å². The van der Waals surface area contributed by atoms with Gasteiger partial charge in [0.1, 0.15) is 5.82 Å². The summed E-state index contributed by atoms with van der Waals surface area (Å²) in [5.41, 5.74) is 0.0233. The van der Waals surface area contributed by atoms with Crippen LogP contribution >= 0.6 is 0 Å². The van der Waals surface area contributed by atoms with Crippen molar-refractivity contribution < 1.29 is 0 Å². The molecule has 1 aromatic rings. The molecule has 15 heavy (non-hydrogen) atoms. The summed E-state index contributed by atoms with van der Waals surface area (Å²) in [6.45, 7) is 8.44. The van der Waals surface area contributed by atoms with Gasteiger partial charge in [-0.3, -0.25) is 0 Å². The molecule has 1 atom stereocenters. The fourth-order valence-corrected chi connectivity index (χ4v) is 2.41. The first-order valence-electron chi connectivity index (χ1n) is 5.82. The number of nitrogens with one attached hydrogen (secondary N) is 1. The van der Waals surface area contributed by atoms with Crippen LogP contribution in [0.15, 0.2) is 0 Å². The highest BCUT2D eigenvalue weighted by molar-refractivity contribution is 5.08. The molecule has 1 saturated heterocycles. The van der Waals surface area contributed by atoms with E-state index < -0.39 is 0 Å². The van der Waals surface area contributed by atoms with Crippen LogP contribution in [0.1, 0.15) is 44.8 Å². The standard InChI is InChI=1S/C11H20N4/c1-4-15-9(2)13-14-10(15)11(3)7-5-6-8-12-11/h12H,4-8H2,1-3H3. The van der Waals surface area contributed by atoms with Crippen LogP contribution in [0.25, 0.3) is 0 Å². The molecule has 1 N–H and O–H groups in total. The van der Waals surface area contributed by atoms with Crippen LogP contribution in [0.4, 0.5) is 0 Å². The van der Waals surface area contributed by atoms with Crippen molar-refractivity contribution in [2.24, 2.45) is 0 Å². The smallest absolute Gasteiger partial charge is 0.153 e. The van der Waals surface area contributed by atoms with E-state index in [1.807, 2.05) is 6.92 Å². The maximum Gasteiger partial charge on any atom is 0.153 e. The Balaban J connectivity index is 2.34. The van der Waals surface area contributed by atoms with E-state index in [9.17, 15) is 0 Å². The molecule has 2 heterocycles. The zero-order valence-corrected chi connectivity index (χ0v) is 9.88. The fraction of sp³-hybridized carbons (Fsp3) is 0.818. The second kappa shape index (κ2) is 3.93. The molecule has 1 aromatic heterocycles. The molecule has 4 nitrogen and oxygen atoms in total. The van der Waals surface area contributed by atoms with Crippen LogP contribution in [-0.2, 0) is 12.1 Å². The molecular formula is C11H20N4. The van der Waals surface area contributed by atoms with E-state index >= 15 is 0 Å². The Labute approximate surface area is 91.1 Å². The SMILES string of the molecule is CCn1c(C)nnc1C1(C)CCCCN1. The largest absolute Gasteiger partial charge is 0.314 e. The first-order valence-corrected chi connectivity index (χ1v) is 5.82. The lowest BCUT2D eigenvalue weighted by molar-refractivity contribution is 0.259. The highest BCUT2D eigenvalue weighted by Gasteiger charge is 2.33.